The lowest BCUT2D eigenvalue weighted by atomic mass is 9.96. The van der Waals surface area contributed by atoms with Crippen LogP contribution >= 0.6 is 0 Å². The van der Waals surface area contributed by atoms with Gasteiger partial charge in [-0.1, -0.05) is 24.3 Å². The zero-order valence-corrected chi connectivity index (χ0v) is 19.7. The van der Waals surface area contributed by atoms with Crippen LogP contribution in [0.25, 0.3) is 5.76 Å². The van der Waals surface area contributed by atoms with E-state index in [1.807, 2.05) is 12.1 Å². The van der Waals surface area contributed by atoms with E-state index in [0.29, 0.717) is 34.8 Å². The summed E-state index contributed by atoms with van der Waals surface area (Å²) in [5.74, 6) is 0.0221. The number of carbonyl (C=O) groups is 2. The minimum atomic E-state index is -0.782. The molecule has 0 aliphatic carbocycles. The first-order chi connectivity index (χ1) is 17.0. The zero-order valence-electron chi connectivity index (χ0n) is 19.7. The van der Waals surface area contributed by atoms with Crippen molar-refractivity contribution in [1.82, 2.24) is 9.88 Å². The van der Waals surface area contributed by atoms with Crippen molar-refractivity contribution in [1.29, 1.82) is 0 Å². The van der Waals surface area contributed by atoms with E-state index in [9.17, 15) is 14.7 Å². The largest absolute Gasteiger partial charge is 0.507 e. The molecule has 8 nitrogen and oxygen atoms in total. The van der Waals surface area contributed by atoms with Crippen molar-refractivity contribution >= 4 is 17.4 Å². The highest BCUT2D eigenvalue weighted by molar-refractivity contribution is 6.46. The molecule has 0 bridgehead atoms. The van der Waals surface area contributed by atoms with Gasteiger partial charge in [0.05, 0.1) is 32.9 Å². The highest BCUT2D eigenvalue weighted by Gasteiger charge is 2.46. The molecule has 180 valence electrons. The Morgan fingerprint density at radius 2 is 1.77 bits per heavy atom. The van der Waals surface area contributed by atoms with Gasteiger partial charge in [0.1, 0.15) is 11.5 Å². The molecule has 2 aromatic carbocycles. The Kier molecular flexibility index (Phi) is 7.01. The van der Waals surface area contributed by atoms with Crippen LogP contribution in [0.2, 0.25) is 0 Å². The van der Waals surface area contributed by atoms with Crippen molar-refractivity contribution in [3.05, 3.63) is 89.3 Å². The van der Waals surface area contributed by atoms with Gasteiger partial charge in [-0.15, -0.1) is 0 Å². The smallest absolute Gasteiger partial charge is 0.295 e. The fraction of sp³-hybridized carbons (Fsp3) is 0.222. The number of ether oxygens (including phenoxy) is 3. The molecule has 1 aromatic heterocycles. The van der Waals surface area contributed by atoms with Crippen LogP contribution in [0, 0.1) is 0 Å². The van der Waals surface area contributed by atoms with Crippen LogP contribution in [-0.4, -0.2) is 54.6 Å². The van der Waals surface area contributed by atoms with Crippen LogP contribution in [0.4, 0.5) is 0 Å². The van der Waals surface area contributed by atoms with Gasteiger partial charge in [0, 0.05) is 24.5 Å². The quantitative estimate of drug-likeness (QED) is 0.301. The molecule has 35 heavy (non-hydrogen) atoms. The third kappa shape index (κ3) is 4.68. The minimum Gasteiger partial charge on any atom is -0.507 e. The number of rotatable bonds is 8. The first-order valence-corrected chi connectivity index (χ1v) is 11.0. The molecule has 1 atom stereocenters. The van der Waals surface area contributed by atoms with Gasteiger partial charge in [0.2, 0.25) is 0 Å². The maximum Gasteiger partial charge on any atom is 0.295 e. The fourth-order valence-corrected chi connectivity index (χ4v) is 4.21. The van der Waals surface area contributed by atoms with Crippen molar-refractivity contribution in [2.24, 2.45) is 0 Å². The summed E-state index contributed by atoms with van der Waals surface area (Å²) < 4.78 is 15.9. The third-order valence-electron chi connectivity index (χ3n) is 5.97. The van der Waals surface area contributed by atoms with Crippen molar-refractivity contribution in [3.8, 4) is 17.2 Å². The summed E-state index contributed by atoms with van der Waals surface area (Å²) in [4.78, 5) is 31.9. The summed E-state index contributed by atoms with van der Waals surface area (Å²) in [5.41, 5.74) is 1.94. The van der Waals surface area contributed by atoms with Gasteiger partial charge in [-0.25, -0.2) is 0 Å². The molecule has 0 saturated carbocycles. The first-order valence-electron chi connectivity index (χ1n) is 11.0. The molecule has 1 saturated heterocycles. The van der Waals surface area contributed by atoms with Gasteiger partial charge < -0.3 is 24.2 Å². The number of ketones is 1. The number of hydrogen-bond donors (Lipinski definition) is 1. The monoisotopic (exact) mass is 474 g/mol. The second-order valence-electron chi connectivity index (χ2n) is 7.95. The number of methoxy groups -OCH3 is 3. The Labute approximate surface area is 203 Å². The SMILES string of the molecule is COc1cccc(/C(O)=C2\C(=O)C(=O)N(CCc3ccc(OC)c(OC)c3)C2c2cccnc2)c1. The number of hydrogen-bond acceptors (Lipinski definition) is 7. The zero-order chi connectivity index (χ0) is 24.9. The van der Waals surface area contributed by atoms with Crippen LogP contribution in [0.5, 0.6) is 17.2 Å². The predicted octanol–water partition coefficient (Wildman–Crippen LogP) is 3.77. The van der Waals surface area contributed by atoms with Crippen molar-refractivity contribution in [2.45, 2.75) is 12.5 Å². The standard InChI is InChI=1S/C27H26N2O6/c1-33-20-8-4-6-18(15-20)25(30)23-24(19-7-5-12-28-16-19)29(27(32)26(23)31)13-11-17-9-10-21(34-2)22(14-17)35-3/h4-10,12,14-16,24,30H,11,13H2,1-3H3/b25-23+. The molecule has 3 aromatic rings. The summed E-state index contributed by atoms with van der Waals surface area (Å²) in [7, 11) is 4.64. The van der Waals surface area contributed by atoms with Crippen LogP contribution in [0.1, 0.15) is 22.7 Å². The Morgan fingerprint density at radius 1 is 0.971 bits per heavy atom. The summed E-state index contributed by atoms with van der Waals surface area (Å²) in [6, 6.07) is 15.0. The van der Waals surface area contributed by atoms with Crippen LogP contribution in [0.3, 0.4) is 0 Å². The minimum absolute atomic E-state index is 0.0172. The van der Waals surface area contributed by atoms with Gasteiger partial charge in [0.15, 0.2) is 11.5 Å². The maximum absolute atomic E-state index is 13.2. The molecule has 1 amide bonds. The summed E-state index contributed by atoms with van der Waals surface area (Å²) in [6.45, 7) is 0.245. The lowest BCUT2D eigenvalue weighted by Gasteiger charge is -2.25. The Balaban J connectivity index is 1.73. The van der Waals surface area contributed by atoms with E-state index in [0.717, 1.165) is 5.56 Å². The van der Waals surface area contributed by atoms with E-state index in [4.69, 9.17) is 14.2 Å². The number of likely N-dealkylation sites (tertiary alicyclic amines) is 1. The molecule has 0 radical (unpaired) electrons. The average Bonchev–Trinajstić information content (AvgIpc) is 3.16. The molecule has 1 aliphatic rings. The molecule has 0 spiro atoms. The van der Waals surface area contributed by atoms with Crippen molar-refractivity contribution in [2.75, 3.05) is 27.9 Å². The number of carbonyl (C=O) groups excluding carboxylic acids is 2. The molecule has 1 fully saturated rings. The van der Waals surface area contributed by atoms with E-state index in [2.05, 4.69) is 4.98 Å². The highest BCUT2D eigenvalue weighted by Crippen LogP contribution is 2.39. The fourth-order valence-electron chi connectivity index (χ4n) is 4.21. The first kappa shape index (κ1) is 23.8. The third-order valence-corrected chi connectivity index (χ3v) is 5.97. The lowest BCUT2D eigenvalue weighted by molar-refractivity contribution is -0.139. The number of aromatic nitrogens is 1. The van der Waals surface area contributed by atoms with Gasteiger partial charge in [-0.05, 0) is 47.9 Å². The predicted molar refractivity (Wildman–Crippen MR) is 129 cm³/mol. The van der Waals surface area contributed by atoms with Crippen LogP contribution < -0.4 is 14.2 Å². The molecule has 2 heterocycles. The molecule has 1 N–H and O–H groups in total. The molecule has 1 unspecified atom stereocenters. The van der Waals surface area contributed by atoms with Gasteiger partial charge in [-0.3, -0.25) is 14.6 Å². The van der Waals surface area contributed by atoms with Gasteiger partial charge in [0.25, 0.3) is 11.7 Å². The van der Waals surface area contributed by atoms with E-state index in [1.54, 1.807) is 69.1 Å². The average molecular weight is 475 g/mol. The molecule has 4 rings (SSSR count). The number of nitrogens with zero attached hydrogens (tertiary/aromatic N) is 2. The van der Waals surface area contributed by atoms with E-state index >= 15 is 0 Å². The number of aliphatic hydroxyl groups is 1. The van der Waals surface area contributed by atoms with E-state index < -0.39 is 17.7 Å². The van der Waals surface area contributed by atoms with E-state index in [-0.39, 0.29) is 17.9 Å². The molecule has 1 aliphatic heterocycles. The number of Topliss-reactive ketones (excluding diaryl/α,β-unsaturated/α-hetero) is 1. The van der Waals surface area contributed by atoms with Crippen LogP contribution in [-0.2, 0) is 16.0 Å². The van der Waals surface area contributed by atoms with Crippen molar-refractivity contribution in [3.63, 3.8) is 0 Å². The number of pyridine rings is 1. The summed E-state index contributed by atoms with van der Waals surface area (Å²) in [6.07, 6.45) is 3.67. The topological polar surface area (TPSA) is 98.2 Å². The Bertz CT molecular complexity index is 1270. The van der Waals surface area contributed by atoms with Gasteiger partial charge in [-0.2, -0.15) is 0 Å². The normalized spacial score (nSPS) is 16.9. The Morgan fingerprint density at radius 3 is 2.46 bits per heavy atom. The van der Waals surface area contributed by atoms with Gasteiger partial charge >= 0.3 is 0 Å². The molecular formula is C27H26N2O6. The number of benzene rings is 2. The molecule has 8 heteroatoms. The van der Waals surface area contributed by atoms with Crippen molar-refractivity contribution < 1.29 is 28.9 Å². The maximum atomic E-state index is 13.2. The second-order valence-corrected chi connectivity index (χ2v) is 7.95. The molecular weight excluding hydrogens is 448 g/mol. The highest BCUT2D eigenvalue weighted by atomic mass is 16.5. The summed E-state index contributed by atoms with van der Waals surface area (Å²) in [5, 5.41) is 11.2. The lowest BCUT2D eigenvalue weighted by Crippen LogP contribution is -2.31. The van der Waals surface area contributed by atoms with E-state index in [1.165, 1.54) is 12.0 Å². The Hall–Kier alpha value is -4.33. The second kappa shape index (κ2) is 10.3. The van der Waals surface area contributed by atoms with Crippen LogP contribution in [0.15, 0.2) is 72.6 Å². The number of amides is 1. The number of aliphatic hydroxyl groups excluding tert-OH is 1. The summed E-state index contributed by atoms with van der Waals surface area (Å²) >= 11 is 0.